The molecule has 0 aliphatic rings. The predicted octanol–water partition coefficient (Wildman–Crippen LogP) is 6.00. The zero-order chi connectivity index (χ0) is 25.6. The maximum absolute atomic E-state index is 13.1. The van der Waals surface area contributed by atoms with Gasteiger partial charge in [0.1, 0.15) is 5.82 Å². The molecule has 37 heavy (non-hydrogen) atoms. The Labute approximate surface area is 218 Å². The standard InChI is InChI=1S/C29H24FN5OS/c1-20-3-2-4-26(17-20)35-27(23-13-15-31-16-14-23)33-34-29(35)37-19-22-5-9-24(10-6-22)28(36)32-18-21-7-11-25(30)12-8-21/h2-17H,18-19H2,1H3,(H,32,36). The van der Waals surface area contributed by atoms with Crippen LogP contribution >= 0.6 is 11.8 Å². The first-order valence-electron chi connectivity index (χ1n) is 11.7. The zero-order valence-electron chi connectivity index (χ0n) is 20.1. The predicted molar refractivity (Wildman–Crippen MR) is 143 cm³/mol. The Morgan fingerprint density at radius 3 is 2.38 bits per heavy atom. The highest BCUT2D eigenvalue weighted by molar-refractivity contribution is 7.98. The van der Waals surface area contributed by atoms with E-state index >= 15 is 0 Å². The maximum Gasteiger partial charge on any atom is 0.251 e. The molecule has 2 aromatic heterocycles. The van der Waals surface area contributed by atoms with Gasteiger partial charge in [0, 0.05) is 41.5 Å². The number of aryl methyl sites for hydroxylation is 1. The molecule has 0 saturated heterocycles. The monoisotopic (exact) mass is 509 g/mol. The Kier molecular flexibility index (Phi) is 7.37. The molecule has 2 heterocycles. The van der Waals surface area contributed by atoms with Crippen LogP contribution in [0.5, 0.6) is 0 Å². The molecule has 6 nitrogen and oxygen atoms in total. The first-order chi connectivity index (χ1) is 18.1. The van der Waals surface area contributed by atoms with Crippen molar-refractivity contribution < 1.29 is 9.18 Å². The van der Waals surface area contributed by atoms with Crippen LogP contribution in [0.1, 0.15) is 27.0 Å². The maximum atomic E-state index is 13.1. The van der Waals surface area contributed by atoms with Crippen molar-refractivity contribution in [2.75, 3.05) is 0 Å². The Bertz CT molecular complexity index is 1500. The molecule has 0 fully saturated rings. The summed E-state index contributed by atoms with van der Waals surface area (Å²) in [4.78, 5) is 16.6. The molecule has 3 aromatic carbocycles. The van der Waals surface area contributed by atoms with Crippen LogP contribution in [0.25, 0.3) is 17.1 Å². The minimum atomic E-state index is -0.297. The number of carbonyl (C=O) groups excluding carboxylic acids is 1. The minimum Gasteiger partial charge on any atom is -0.348 e. The number of nitrogens with zero attached hydrogens (tertiary/aromatic N) is 4. The quantitative estimate of drug-likeness (QED) is 0.260. The van der Waals surface area contributed by atoms with Crippen molar-refractivity contribution in [3.8, 4) is 17.1 Å². The molecule has 8 heteroatoms. The van der Waals surface area contributed by atoms with Crippen LogP contribution in [0.4, 0.5) is 4.39 Å². The van der Waals surface area contributed by atoms with E-state index in [1.54, 1.807) is 36.3 Å². The molecule has 0 unspecified atom stereocenters. The van der Waals surface area contributed by atoms with Gasteiger partial charge >= 0.3 is 0 Å². The van der Waals surface area contributed by atoms with Crippen molar-refractivity contribution in [2.45, 2.75) is 24.4 Å². The van der Waals surface area contributed by atoms with Crippen molar-refractivity contribution in [1.29, 1.82) is 0 Å². The fourth-order valence-electron chi connectivity index (χ4n) is 3.84. The van der Waals surface area contributed by atoms with Gasteiger partial charge in [0.2, 0.25) is 0 Å². The van der Waals surface area contributed by atoms with E-state index in [1.807, 2.05) is 48.5 Å². The summed E-state index contributed by atoms with van der Waals surface area (Å²) >= 11 is 1.58. The zero-order valence-corrected chi connectivity index (χ0v) is 21.0. The van der Waals surface area contributed by atoms with Gasteiger partial charge in [-0.3, -0.25) is 14.3 Å². The SMILES string of the molecule is Cc1cccc(-n2c(SCc3ccc(C(=O)NCc4ccc(F)cc4)cc3)nnc2-c2ccncc2)c1. The van der Waals surface area contributed by atoms with Gasteiger partial charge in [-0.1, -0.05) is 48.2 Å². The third-order valence-electron chi connectivity index (χ3n) is 5.78. The number of hydrogen-bond acceptors (Lipinski definition) is 5. The van der Waals surface area contributed by atoms with Crippen LogP contribution in [0.2, 0.25) is 0 Å². The van der Waals surface area contributed by atoms with Gasteiger partial charge in [0.25, 0.3) is 5.91 Å². The summed E-state index contributed by atoms with van der Waals surface area (Å²) in [5, 5.41) is 12.6. The Morgan fingerprint density at radius 2 is 1.65 bits per heavy atom. The second-order valence-electron chi connectivity index (χ2n) is 8.51. The number of carbonyl (C=O) groups is 1. The highest BCUT2D eigenvalue weighted by Gasteiger charge is 2.16. The molecule has 0 saturated carbocycles. The highest BCUT2D eigenvalue weighted by atomic mass is 32.2. The van der Waals surface area contributed by atoms with E-state index in [0.29, 0.717) is 17.9 Å². The number of amides is 1. The van der Waals surface area contributed by atoms with Gasteiger partial charge in [-0.25, -0.2) is 4.39 Å². The minimum absolute atomic E-state index is 0.176. The average Bonchev–Trinajstić information content (AvgIpc) is 3.36. The van der Waals surface area contributed by atoms with Crippen molar-refractivity contribution >= 4 is 17.7 Å². The summed E-state index contributed by atoms with van der Waals surface area (Å²) < 4.78 is 15.1. The molecular formula is C29H24FN5OS. The summed E-state index contributed by atoms with van der Waals surface area (Å²) in [5.41, 5.74) is 5.55. The molecule has 0 bridgehead atoms. The van der Waals surface area contributed by atoms with Gasteiger partial charge in [-0.15, -0.1) is 10.2 Å². The summed E-state index contributed by atoms with van der Waals surface area (Å²) in [7, 11) is 0. The molecule has 1 amide bonds. The molecule has 5 rings (SSSR count). The lowest BCUT2D eigenvalue weighted by molar-refractivity contribution is 0.0951. The molecule has 0 atom stereocenters. The van der Waals surface area contributed by atoms with Gasteiger partial charge in [-0.2, -0.15) is 0 Å². The fraction of sp³-hybridized carbons (Fsp3) is 0.103. The van der Waals surface area contributed by atoms with E-state index in [0.717, 1.165) is 38.9 Å². The Morgan fingerprint density at radius 1 is 0.919 bits per heavy atom. The second kappa shape index (κ2) is 11.2. The first-order valence-corrected chi connectivity index (χ1v) is 12.7. The number of halogens is 1. The molecule has 0 spiro atoms. The number of pyridine rings is 1. The van der Waals surface area contributed by atoms with Crippen LogP contribution in [0.15, 0.2) is 102 Å². The molecule has 184 valence electrons. The lowest BCUT2D eigenvalue weighted by Crippen LogP contribution is -2.22. The van der Waals surface area contributed by atoms with Crippen molar-refractivity contribution in [3.05, 3.63) is 125 Å². The van der Waals surface area contributed by atoms with E-state index in [4.69, 9.17) is 0 Å². The van der Waals surface area contributed by atoms with Crippen LogP contribution in [0, 0.1) is 12.7 Å². The van der Waals surface area contributed by atoms with E-state index in [2.05, 4.69) is 44.1 Å². The lowest BCUT2D eigenvalue weighted by Gasteiger charge is -2.11. The smallest absolute Gasteiger partial charge is 0.251 e. The highest BCUT2D eigenvalue weighted by Crippen LogP contribution is 2.30. The number of hydrogen-bond donors (Lipinski definition) is 1. The normalized spacial score (nSPS) is 10.9. The number of aromatic nitrogens is 4. The topological polar surface area (TPSA) is 72.7 Å². The van der Waals surface area contributed by atoms with Crippen molar-refractivity contribution in [2.24, 2.45) is 0 Å². The largest absolute Gasteiger partial charge is 0.348 e. The van der Waals surface area contributed by atoms with E-state index in [-0.39, 0.29) is 11.7 Å². The number of thioether (sulfide) groups is 1. The molecule has 1 N–H and O–H groups in total. The molecule has 0 aliphatic heterocycles. The molecule has 5 aromatic rings. The molecule has 0 aliphatic carbocycles. The first kappa shape index (κ1) is 24.4. The third-order valence-corrected chi connectivity index (χ3v) is 6.78. The second-order valence-corrected chi connectivity index (χ2v) is 9.45. The van der Waals surface area contributed by atoms with Gasteiger partial charge in [0.05, 0.1) is 0 Å². The summed E-state index contributed by atoms with van der Waals surface area (Å²) in [5.74, 6) is 0.945. The van der Waals surface area contributed by atoms with Crippen molar-refractivity contribution in [1.82, 2.24) is 25.1 Å². The lowest BCUT2D eigenvalue weighted by atomic mass is 10.1. The number of rotatable bonds is 8. The summed E-state index contributed by atoms with van der Waals surface area (Å²) in [6.07, 6.45) is 3.49. The van der Waals surface area contributed by atoms with Crippen LogP contribution in [-0.4, -0.2) is 25.7 Å². The average molecular weight is 510 g/mol. The number of nitrogens with one attached hydrogen (secondary N) is 1. The van der Waals surface area contributed by atoms with Crippen LogP contribution < -0.4 is 5.32 Å². The van der Waals surface area contributed by atoms with E-state index < -0.39 is 0 Å². The number of benzene rings is 3. The van der Waals surface area contributed by atoms with Gasteiger partial charge in [-0.05, 0) is 72.1 Å². The van der Waals surface area contributed by atoms with Gasteiger partial charge < -0.3 is 5.32 Å². The van der Waals surface area contributed by atoms with Crippen LogP contribution in [-0.2, 0) is 12.3 Å². The van der Waals surface area contributed by atoms with Gasteiger partial charge in [0.15, 0.2) is 11.0 Å². The summed E-state index contributed by atoms with van der Waals surface area (Å²) in [6.45, 7) is 2.40. The third kappa shape index (κ3) is 5.92. The Hall–Kier alpha value is -4.30. The molecule has 0 radical (unpaired) electrons. The van der Waals surface area contributed by atoms with Crippen molar-refractivity contribution in [3.63, 3.8) is 0 Å². The van der Waals surface area contributed by atoms with Crippen LogP contribution in [0.3, 0.4) is 0 Å². The summed E-state index contributed by atoms with van der Waals surface area (Å²) in [6, 6.07) is 25.7. The molecular weight excluding hydrogens is 485 g/mol. The Balaban J connectivity index is 1.29. The van der Waals surface area contributed by atoms with E-state index in [9.17, 15) is 9.18 Å². The van der Waals surface area contributed by atoms with E-state index in [1.165, 1.54) is 12.1 Å². The fourth-order valence-corrected chi connectivity index (χ4v) is 4.75.